The summed E-state index contributed by atoms with van der Waals surface area (Å²) in [5.41, 5.74) is 0. The van der Waals surface area contributed by atoms with E-state index < -0.39 is 0 Å². The molecule has 18 heavy (non-hydrogen) atoms. The van der Waals surface area contributed by atoms with Crippen LogP contribution in [0.15, 0.2) is 0 Å². The lowest BCUT2D eigenvalue weighted by molar-refractivity contribution is 0.0188. The van der Waals surface area contributed by atoms with Crippen LogP contribution >= 0.6 is 0 Å². The predicted molar refractivity (Wildman–Crippen MR) is 74.3 cm³/mol. The molecule has 0 aromatic rings. The quantitative estimate of drug-likeness (QED) is 0.705. The first-order chi connectivity index (χ1) is 8.72. The monoisotopic (exact) mass is 249 g/mol. The third kappa shape index (κ3) is 3.24. The van der Waals surface area contributed by atoms with Crippen molar-refractivity contribution in [1.82, 2.24) is 9.80 Å². The maximum atomic E-state index is 8.95. The molecule has 3 heteroatoms. The van der Waals surface area contributed by atoms with Crippen LogP contribution in [0.2, 0.25) is 0 Å². The third-order valence-electron chi connectivity index (χ3n) is 4.78. The van der Waals surface area contributed by atoms with Crippen molar-refractivity contribution < 1.29 is 0 Å². The van der Waals surface area contributed by atoms with Gasteiger partial charge in [-0.05, 0) is 26.8 Å². The molecule has 0 aromatic carbocycles. The maximum absolute atomic E-state index is 8.95. The summed E-state index contributed by atoms with van der Waals surface area (Å²) >= 11 is 0. The number of piperazine rings is 1. The summed E-state index contributed by atoms with van der Waals surface area (Å²) in [4.78, 5) is 5.08. The number of hydrogen-bond donors (Lipinski definition) is 0. The fraction of sp³-hybridized carbons (Fsp3) is 0.933. The second-order valence-corrected chi connectivity index (χ2v) is 6.15. The van der Waals surface area contributed by atoms with Crippen molar-refractivity contribution in [3.05, 3.63) is 0 Å². The van der Waals surface area contributed by atoms with Gasteiger partial charge in [-0.2, -0.15) is 5.26 Å². The Kier molecular flexibility index (Phi) is 5.03. The van der Waals surface area contributed by atoms with Crippen molar-refractivity contribution in [3.63, 3.8) is 0 Å². The zero-order chi connectivity index (χ0) is 13.0. The number of rotatable bonds is 2. The number of hydrogen-bond acceptors (Lipinski definition) is 3. The molecule has 0 spiro atoms. The Morgan fingerprint density at radius 3 is 2.39 bits per heavy atom. The highest BCUT2D eigenvalue weighted by molar-refractivity contribution is 4.93. The first kappa shape index (κ1) is 13.8. The largest absolute Gasteiger partial charge is 0.300 e. The van der Waals surface area contributed by atoms with Crippen LogP contribution in [0, 0.1) is 11.3 Å². The maximum Gasteiger partial charge on any atom is 0.0638 e. The Hall–Kier alpha value is -0.590. The molecule has 2 rings (SSSR count). The lowest BCUT2D eigenvalue weighted by Gasteiger charge is -2.46. The van der Waals surface area contributed by atoms with Crippen LogP contribution < -0.4 is 0 Å². The highest BCUT2D eigenvalue weighted by Crippen LogP contribution is 2.27. The molecule has 2 fully saturated rings. The lowest BCUT2D eigenvalue weighted by Crippen LogP contribution is -2.58. The molecule has 1 aliphatic heterocycles. The van der Waals surface area contributed by atoms with Crippen LogP contribution in [0.5, 0.6) is 0 Å². The highest BCUT2D eigenvalue weighted by Gasteiger charge is 2.33. The van der Waals surface area contributed by atoms with Crippen molar-refractivity contribution in [1.29, 1.82) is 5.26 Å². The Morgan fingerprint density at radius 1 is 1.11 bits per heavy atom. The molecule has 1 saturated heterocycles. The Balaban J connectivity index is 1.99. The minimum absolute atomic E-state index is 0.439. The van der Waals surface area contributed by atoms with Crippen LogP contribution in [0.3, 0.4) is 0 Å². The van der Waals surface area contributed by atoms with Gasteiger partial charge < -0.3 is 0 Å². The number of likely N-dealkylation sites (N-methyl/N-ethyl adjacent to an activating group) is 1. The van der Waals surface area contributed by atoms with Gasteiger partial charge in [0.25, 0.3) is 0 Å². The highest BCUT2D eigenvalue weighted by atomic mass is 15.3. The zero-order valence-electron chi connectivity index (χ0n) is 11.9. The molecule has 2 aliphatic rings. The van der Waals surface area contributed by atoms with Gasteiger partial charge in [-0.3, -0.25) is 9.80 Å². The van der Waals surface area contributed by atoms with E-state index in [-0.39, 0.29) is 0 Å². The second-order valence-electron chi connectivity index (χ2n) is 6.15. The van der Waals surface area contributed by atoms with Gasteiger partial charge in [0, 0.05) is 31.2 Å². The predicted octanol–water partition coefficient (Wildman–Crippen LogP) is 2.63. The molecule has 2 unspecified atom stereocenters. The zero-order valence-corrected chi connectivity index (χ0v) is 11.9. The van der Waals surface area contributed by atoms with Gasteiger partial charge in [0.2, 0.25) is 0 Å². The topological polar surface area (TPSA) is 30.3 Å². The van der Waals surface area contributed by atoms with Crippen LogP contribution in [0.25, 0.3) is 0 Å². The summed E-state index contributed by atoms with van der Waals surface area (Å²) in [6.45, 7) is 4.56. The minimum atomic E-state index is 0.439. The summed E-state index contributed by atoms with van der Waals surface area (Å²) in [5.74, 6) is 0. The van der Waals surface area contributed by atoms with Crippen LogP contribution in [-0.2, 0) is 0 Å². The average molecular weight is 249 g/mol. The summed E-state index contributed by atoms with van der Waals surface area (Å²) in [6, 6.07) is 4.21. The molecule has 1 heterocycles. The first-order valence-corrected chi connectivity index (χ1v) is 7.55. The summed E-state index contributed by atoms with van der Waals surface area (Å²) < 4.78 is 0. The molecule has 2 atom stereocenters. The fourth-order valence-corrected chi connectivity index (χ4v) is 3.66. The van der Waals surface area contributed by atoms with E-state index in [0.29, 0.717) is 18.5 Å². The molecule has 0 N–H and O–H groups in total. The van der Waals surface area contributed by atoms with Crippen molar-refractivity contribution in [3.8, 4) is 6.07 Å². The Bertz CT molecular complexity index is 289. The van der Waals surface area contributed by atoms with Crippen LogP contribution in [-0.4, -0.2) is 48.1 Å². The van der Waals surface area contributed by atoms with E-state index in [1.165, 1.54) is 38.5 Å². The van der Waals surface area contributed by atoms with Gasteiger partial charge in [0.1, 0.15) is 0 Å². The second kappa shape index (κ2) is 6.54. The van der Waals surface area contributed by atoms with E-state index in [1.807, 2.05) is 0 Å². The van der Waals surface area contributed by atoms with Gasteiger partial charge in [-0.15, -0.1) is 0 Å². The molecule has 3 nitrogen and oxygen atoms in total. The van der Waals surface area contributed by atoms with E-state index >= 15 is 0 Å². The van der Waals surface area contributed by atoms with E-state index in [4.69, 9.17) is 5.26 Å². The SMILES string of the molecule is CC1CN(C)C(CC#N)CN1C1CCCCCC1. The molecule has 0 amide bonds. The number of nitrogens with zero attached hydrogens (tertiary/aromatic N) is 3. The molecule has 0 radical (unpaired) electrons. The van der Waals surface area contributed by atoms with Gasteiger partial charge >= 0.3 is 0 Å². The van der Waals surface area contributed by atoms with Crippen LogP contribution in [0.1, 0.15) is 51.9 Å². The molecular formula is C15H27N3. The number of nitriles is 1. The molecule has 102 valence electrons. The normalized spacial score (nSPS) is 32.9. The standard InChI is InChI=1S/C15H27N3/c1-13-11-17(2)15(9-10-16)12-18(13)14-7-5-3-4-6-8-14/h13-15H,3-9,11-12H2,1-2H3. The summed E-state index contributed by atoms with van der Waals surface area (Å²) in [5, 5.41) is 8.95. The lowest BCUT2D eigenvalue weighted by atomic mass is 9.99. The fourth-order valence-electron chi connectivity index (χ4n) is 3.66. The van der Waals surface area contributed by atoms with E-state index in [9.17, 15) is 0 Å². The van der Waals surface area contributed by atoms with E-state index in [1.54, 1.807) is 0 Å². The molecule has 0 aromatic heterocycles. The van der Waals surface area contributed by atoms with Crippen molar-refractivity contribution in [2.24, 2.45) is 0 Å². The van der Waals surface area contributed by atoms with Gasteiger partial charge in [0.05, 0.1) is 12.5 Å². The Morgan fingerprint density at radius 2 is 1.78 bits per heavy atom. The molecule has 1 saturated carbocycles. The van der Waals surface area contributed by atoms with Gasteiger partial charge in [-0.1, -0.05) is 25.7 Å². The third-order valence-corrected chi connectivity index (χ3v) is 4.78. The van der Waals surface area contributed by atoms with Crippen LogP contribution in [0.4, 0.5) is 0 Å². The smallest absolute Gasteiger partial charge is 0.0638 e. The Labute approximate surface area is 112 Å². The molecule has 1 aliphatic carbocycles. The summed E-state index contributed by atoms with van der Waals surface area (Å²) in [7, 11) is 2.17. The van der Waals surface area contributed by atoms with E-state index in [2.05, 4.69) is 29.8 Å². The van der Waals surface area contributed by atoms with Crippen molar-refractivity contribution >= 4 is 0 Å². The average Bonchev–Trinajstić information content (AvgIpc) is 2.61. The first-order valence-electron chi connectivity index (χ1n) is 7.55. The van der Waals surface area contributed by atoms with Gasteiger partial charge in [-0.25, -0.2) is 0 Å². The van der Waals surface area contributed by atoms with Crippen molar-refractivity contribution in [2.75, 3.05) is 20.1 Å². The van der Waals surface area contributed by atoms with Gasteiger partial charge in [0.15, 0.2) is 0 Å². The van der Waals surface area contributed by atoms with E-state index in [0.717, 1.165) is 19.1 Å². The molecular weight excluding hydrogens is 222 g/mol. The molecule has 0 bridgehead atoms. The van der Waals surface area contributed by atoms with Crippen molar-refractivity contribution in [2.45, 2.75) is 70.0 Å². The summed E-state index contributed by atoms with van der Waals surface area (Å²) in [6.07, 6.45) is 9.03. The minimum Gasteiger partial charge on any atom is -0.300 e.